The first-order valence-electron chi connectivity index (χ1n) is 6.93. The van der Waals surface area contributed by atoms with E-state index in [1.165, 1.54) is 18.0 Å². The average Bonchev–Trinajstić information content (AvgIpc) is 2.54. The Bertz CT molecular complexity index is 802. The Kier molecular flexibility index (Phi) is 5.43. The summed E-state index contributed by atoms with van der Waals surface area (Å²) in [7, 11) is -3.22. The van der Waals surface area contributed by atoms with Gasteiger partial charge in [-0.05, 0) is 43.0 Å². The minimum absolute atomic E-state index is 0.206. The van der Waals surface area contributed by atoms with E-state index in [0.717, 1.165) is 5.56 Å². The van der Waals surface area contributed by atoms with Crippen molar-refractivity contribution in [2.45, 2.75) is 22.9 Å². The van der Waals surface area contributed by atoms with Crippen LogP contribution in [0.1, 0.15) is 28.9 Å². The lowest BCUT2D eigenvalue weighted by Crippen LogP contribution is -2.27. The van der Waals surface area contributed by atoms with Crippen LogP contribution in [0.15, 0.2) is 52.5 Å². The highest BCUT2D eigenvalue weighted by Gasteiger charge is 2.15. The molecule has 0 fully saturated rings. The molecule has 0 aliphatic heterocycles. The number of nitrogens with zero attached hydrogens (tertiary/aromatic N) is 1. The molecule has 0 bridgehead atoms. The van der Waals surface area contributed by atoms with Gasteiger partial charge >= 0.3 is 0 Å². The quantitative estimate of drug-likeness (QED) is 0.839. The van der Waals surface area contributed by atoms with Crippen LogP contribution in [-0.4, -0.2) is 31.8 Å². The van der Waals surface area contributed by atoms with Gasteiger partial charge in [0.1, 0.15) is 5.03 Å². The zero-order chi connectivity index (χ0) is 17.0. The molecule has 5 nitrogen and oxygen atoms in total. The normalized spacial score (nSPS) is 12.7. The molecular formula is C16H18N2O3S2. The van der Waals surface area contributed by atoms with Crippen LogP contribution in [0.4, 0.5) is 0 Å². The Morgan fingerprint density at radius 3 is 2.43 bits per heavy atom. The third kappa shape index (κ3) is 4.33. The van der Waals surface area contributed by atoms with E-state index in [9.17, 15) is 13.2 Å². The molecule has 1 aromatic carbocycles. The van der Waals surface area contributed by atoms with Crippen LogP contribution in [0.3, 0.4) is 0 Å². The summed E-state index contributed by atoms with van der Waals surface area (Å²) in [6, 6.07) is 9.72. The number of thioether (sulfide) groups is 1. The number of amides is 1. The molecule has 2 aromatic rings. The number of benzene rings is 1. The van der Waals surface area contributed by atoms with Gasteiger partial charge in [0, 0.05) is 12.5 Å². The van der Waals surface area contributed by atoms with Crippen LogP contribution >= 0.6 is 11.8 Å². The van der Waals surface area contributed by atoms with E-state index in [4.69, 9.17) is 0 Å². The smallest absolute Gasteiger partial charge is 0.254 e. The first kappa shape index (κ1) is 17.5. The number of hydrogen-bond donors (Lipinski definition) is 1. The maximum absolute atomic E-state index is 12.4. The summed E-state index contributed by atoms with van der Waals surface area (Å²) < 4.78 is 22.9. The molecule has 1 amide bonds. The first-order chi connectivity index (χ1) is 10.8. The van der Waals surface area contributed by atoms with Crippen LogP contribution in [0.5, 0.6) is 0 Å². The van der Waals surface area contributed by atoms with E-state index in [-0.39, 0.29) is 16.8 Å². The van der Waals surface area contributed by atoms with Crippen LogP contribution < -0.4 is 5.32 Å². The number of carbonyl (C=O) groups excluding carboxylic acids is 1. The number of nitrogens with one attached hydrogen (secondary N) is 1. The monoisotopic (exact) mass is 350 g/mol. The summed E-state index contributed by atoms with van der Waals surface area (Å²) in [4.78, 5) is 16.8. The van der Waals surface area contributed by atoms with Crippen molar-refractivity contribution in [3.8, 4) is 0 Å². The SMILES string of the molecule is CSc1ncccc1C(=O)N[C@H](C)c1ccc(S(C)(=O)=O)cc1. The maximum Gasteiger partial charge on any atom is 0.254 e. The van der Waals surface area contributed by atoms with Gasteiger partial charge < -0.3 is 5.32 Å². The molecule has 1 atom stereocenters. The summed E-state index contributed by atoms with van der Waals surface area (Å²) >= 11 is 1.41. The van der Waals surface area contributed by atoms with Gasteiger partial charge in [0.15, 0.2) is 9.84 Å². The zero-order valence-corrected chi connectivity index (χ0v) is 14.7. The number of carbonyl (C=O) groups is 1. The summed E-state index contributed by atoms with van der Waals surface area (Å²) in [6.45, 7) is 1.85. The van der Waals surface area contributed by atoms with Crippen LogP contribution in [0.2, 0.25) is 0 Å². The lowest BCUT2D eigenvalue weighted by molar-refractivity contribution is 0.0936. The molecule has 23 heavy (non-hydrogen) atoms. The number of pyridine rings is 1. The van der Waals surface area contributed by atoms with Crippen molar-refractivity contribution in [3.63, 3.8) is 0 Å². The number of sulfone groups is 1. The van der Waals surface area contributed by atoms with E-state index in [0.29, 0.717) is 10.6 Å². The van der Waals surface area contributed by atoms with Gasteiger partial charge in [-0.2, -0.15) is 0 Å². The minimum atomic E-state index is -3.22. The first-order valence-corrected chi connectivity index (χ1v) is 10.0. The molecular weight excluding hydrogens is 332 g/mol. The Balaban J connectivity index is 2.15. The molecule has 0 radical (unpaired) electrons. The molecule has 2 rings (SSSR count). The number of aromatic nitrogens is 1. The van der Waals surface area contributed by atoms with Crippen molar-refractivity contribution in [3.05, 3.63) is 53.7 Å². The molecule has 0 aliphatic carbocycles. The summed E-state index contributed by atoms with van der Waals surface area (Å²) in [5.41, 5.74) is 1.36. The van der Waals surface area contributed by atoms with Gasteiger partial charge in [0.05, 0.1) is 16.5 Å². The predicted molar refractivity (Wildman–Crippen MR) is 91.5 cm³/mol. The third-order valence-electron chi connectivity index (χ3n) is 3.36. The molecule has 0 saturated carbocycles. The van der Waals surface area contributed by atoms with Crippen LogP contribution in [-0.2, 0) is 9.84 Å². The Labute approximate surface area is 140 Å². The zero-order valence-electron chi connectivity index (χ0n) is 13.1. The third-order valence-corrected chi connectivity index (χ3v) is 5.21. The van der Waals surface area contributed by atoms with E-state index < -0.39 is 9.84 Å². The summed E-state index contributed by atoms with van der Waals surface area (Å²) in [5.74, 6) is -0.206. The summed E-state index contributed by atoms with van der Waals surface area (Å²) in [6.07, 6.45) is 4.68. The second kappa shape index (κ2) is 7.14. The van der Waals surface area contributed by atoms with Crippen LogP contribution in [0, 0.1) is 0 Å². The van der Waals surface area contributed by atoms with Gasteiger partial charge in [-0.1, -0.05) is 12.1 Å². The van der Waals surface area contributed by atoms with Gasteiger partial charge in [0.25, 0.3) is 5.91 Å². The van der Waals surface area contributed by atoms with E-state index in [2.05, 4.69) is 10.3 Å². The van der Waals surface area contributed by atoms with Crippen molar-refractivity contribution in [2.75, 3.05) is 12.5 Å². The molecule has 7 heteroatoms. The molecule has 0 saturated heterocycles. The average molecular weight is 350 g/mol. The summed E-state index contributed by atoms with van der Waals surface area (Å²) in [5, 5.41) is 3.57. The highest BCUT2D eigenvalue weighted by Crippen LogP contribution is 2.20. The second-order valence-corrected chi connectivity index (χ2v) is 7.91. The molecule has 1 aromatic heterocycles. The largest absolute Gasteiger partial charge is 0.345 e. The van der Waals surface area contributed by atoms with Crippen molar-refractivity contribution >= 4 is 27.5 Å². The molecule has 1 N–H and O–H groups in total. The van der Waals surface area contributed by atoms with Crippen molar-refractivity contribution < 1.29 is 13.2 Å². The molecule has 122 valence electrons. The van der Waals surface area contributed by atoms with Crippen LogP contribution in [0.25, 0.3) is 0 Å². The van der Waals surface area contributed by atoms with Crippen molar-refractivity contribution in [1.82, 2.24) is 10.3 Å². The fraction of sp³-hybridized carbons (Fsp3) is 0.250. The highest BCUT2D eigenvalue weighted by molar-refractivity contribution is 7.98. The highest BCUT2D eigenvalue weighted by atomic mass is 32.2. The molecule has 0 unspecified atom stereocenters. The predicted octanol–water partition coefficient (Wildman–Crippen LogP) is 2.70. The lowest BCUT2D eigenvalue weighted by atomic mass is 10.1. The Morgan fingerprint density at radius 1 is 1.22 bits per heavy atom. The van der Waals surface area contributed by atoms with E-state index >= 15 is 0 Å². The second-order valence-electron chi connectivity index (χ2n) is 5.10. The van der Waals surface area contributed by atoms with Crippen molar-refractivity contribution in [1.29, 1.82) is 0 Å². The van der Waals surface area contributed by atoms with E-state index in [1.807, 2.05) is 13.2 Å². The Morgan fingerprint density at radius 2 is 1.87 bits per heavy atom. The minimum Gasteiger partial charge on any atom is -0.345 e. The van der Waals surface area contributed by atoms with E-state index in [1.54, 1.807) is 42.6 Å². The van der Waals surface area contributed by atoms with Gasteiger partial charge in [-0.3, -0.25) is 4.79 Å². The molecule has 0 spiro atoms. The standard InChI is InChI=1S/C16H18N2O3S2/c1-11(12-6-8-13(9-7-12)23(3,20)21)18-15(19)14-5-4-10-17-16(14)22-2/h4-11H,1-3H3,(H,18,19)/t11-/m1/s1. The van der Waals surface area contributed by atoms with Gasteiger partial charge in [0.2, 0.25) is 0 Å². The maximum atomic E-state index is 12.4. The van der Waals surface area contributed by atoms with Gasteiger partial charge in [-0.25, -0.2) is 13.4 Å². The fourth-order valence-electron chi connectivity index (χ4n) is 2.09. The molecule has 1 heterocycles. The Hall–Kier alpha value is -1.86. The topological polar surface area (TPSA) is 76.1 Å². The number of hydrogen-bond acceptors (Lipinski definition) is 5. The number of rotatable bonds is 5. The van der Waals surface area contributed by atoms with Gasteiger partial charge in [-0.15, -0.1) is 11.8 Å². The lowest BCUT2D eigenvalue weighted by Gasteiger charge is -2.15. The molecule has 0 aliphatic rings. The van der Waals surface area contributed by atoms with Crippen molar-refractivity contribution in [2.24, 2.45) is 0 Å². The fourth-order valence-corrected chi connectivity index (χ4v) is 3.27.